The standard InChI is InChI=1S/C11H12N2O.C2H6/c1-13-7-8(6-11(12)14)9-4-2-3-5-10(9)13;1-2/h2-5,7H,6H2,1H3,(H2,12,14);1-2H3. The van der Waals surface area contributed by atoms with E-state index in [1.54, 1.807) is 0 Å². The average Bonchev–Trinajstić information content (AvgIpc) is 2.59. The lowest BCUT2D eigenvalue weighted by atomic mass is 10.1. The van der Waals surface area contributed by atoms with Crippen molar-refractivity contribution in [2.24, 2.45) is 12.8 Å². The van der Waals surface area contributed by atoms with Crippen LogP contribution in [0.25, 0.3) is 10.9 Å². The van der Waals surface area contributed by atoms with E-state index in [9.17, 15) is 4.79 Å². The first-order chi connectivity index (χ1) is 7.68. The highest BCUT2D eigenvalue weighted by Gasteiger charge is 2.07. The van der Waals surface area contributed by atoms with Gasteiger partial charge in [-0.05, 0) is 11.6 Å². The SMILES string of the molecule is CC.Cn1cc(CC(N)=O)c2ccccc21. The molecule has 0 saturated carbocycles. The predicted molar refractivity (Wildman–Crippen MR) is 67.2 cm³/mol. The minimum Gasteiger partial charge on any atom is -0.369 e. The largest absolute Gasteiger partial charge is 0.369 e. The fraction of sp³-hybridized carbons (Fsp3) is 0.308. The van der Waals surface area contributed by atoms with Gasteiger partial charge in [-0.15, -0.1) is 0 Å². The van der Waals surface area contributed by atoms with E-state index in [4.69, 9.17) is 5.73 Å². The molecule has 3 nitrogen and oxygen atoms in total. The third-order valence-electron chi connectivity index (χ3n) is 2.34. The quantitative estimate of drug-likeness (QED) is 0.825. The summed E-state index contributed by atoms with van der Waals surface area (Å²) in [6.45, 7) is 4.00. The van der Waals surface area contributed by atoms with Crippen molar-refractivity contribution >= 4 is 16.8 Å². The van der Waals surface area contributed by atoms with E-state index in [-0.39, 0.29) is 5.91 Å². The van der Waals surface area contributed by atoms with Gasteiger partial charge in [-0.3, -0.25) is 4.79 Å². The Morgan fingerprint density at radius 3 is 2.56 bits per heavy atom. The number of rotatable bonds is 2. The second-order valence-electron chi connectivity index (χ2n) is 3.43. The Kier molecular flexibility index (Phi) is 4.11. The molecular weight excluding hydrogens is 200 g/mol. The minimum atomic E-state index is -0.290. The molecular formula is C13H18N2O. The summed E-state index contributed by atoms with van der Waals surface area (Å²) in [6, 6.07) is 7.98. The Balaban J connectivity index is 0.000000606. The first-order valence-electron chi connectivity index (χ1n) is 5.49. The van der Waals surface area contributed by atoms with Crippen molar-refractivity contribution in [3.05, 3.63) is 36.0 Å². The molecule has 0 saturated heterocycles. The number of hydrogen-bond donors (Lipinski definition) is 1. The molecule has 3 heteroatoms. The van der Waals surface area contributed by atoms with E-state index in [0.29, 0.717) is 6.42 Å². The molecule has 0 aliphatic rings. The zero-order chi connectivity index (χ0) is 12.1. The van der Waals surface area contributed by atoms with Gasteiger partial charge in [-0.2, -0.15) is 0 Å². The number of para-hydroxylation sites is 1. The number of aryl methyl sites for hydroxylation is 1. The van der Waals surface area contributed by atoms with Crippen molar-refractivity contribution in [2.45, 2.75) is 20.3 Å². The minimum absolute atomic E-state index is 0.290. The second-order valence-corrected chi connectivity index (χ2v) is 3.43. The number of carbonyl (C=O) groups excluding carboxylic acids is 1. The van der Waals surface area contributed by atoms with Crippen LogP contribution in [0.1, 0.15) is 19.4 Å². The number of carbonyl (C=O) groups is 1. The van der Waals surface area contributed by atoms with Crippen LogP contribution in [0.2, 0.25) is 0 Å². The second kappa shape index (κ2) is 5.35. The lowest BCUT2D eigenvalue weighted by Gasteiger charge is -1.94. The van der Waals surface area contributed by atoms with Crippen molar-refractivity contribution in [3.8, 4) is 0 Å². The van der Waals surface area contributed by atoms with Gasteiger partial charge in [0.25, 0.3) is 0 Å². The van der Waals surface area contributed by atoms with Gasteiger partial charge in [-0.25, -0.2) is 0 Å². The van der Waals surface area contributed by atoms with Gasteiger partial charge in [0.1, 0.15) is 0 Å². The molecule has 1 heterocycles. The summed E-state index contributed by atoms with van der Waals surface area (Å²) in [7, 11) is 1.97. The molecule has 2 N–H and O–H groups in total. The van der Waals surface area contributed by atoms with Gasteiger partial charge in [0.15, 0.2) is 0 Å². The maximum atomic E-state index is 10.8. The molecule has 0 spiro atoms. The number of aromatic nitrogens is 1. The van der Waals surface area contributed by atoms with Gasteiger partial charge < -0.3 is 10.3 Å². The average molecular weight is 218 g/mol. The number of hydrogen-bond acceptors (Lipinski definition) is 1. The molecule has 0 radical (unpaired) electrons. The number of nitrogens with zero attached hydrogens (tertiary/aromatic N) is 1. The molecule has 0 aliphatic heterocycles. The zero-order valence-corrected chi connectivity index (χ0v) is 10.0. The number of fused-ring (bicyclic) bond motifs is 1. The molecule has 1 aromatic heterocycles. The number of amides is 1. The molecule has 1 aromatic carbocycles. The molecule has 0 unspecified atom stereocenters. The summed E-state index contributed by atoms with van der Waals surface area (Å²) in [5.41, 5.74) is 7.30. The van der Waals surface area contributed by atoms with Crippen LogP contribution in [0.4, 0.5) is 0 Å². The lowest BCUT2D eigenvalue weighted by molar-refractivity contribution is -0.117. The lowest BCUT2D eigenvalue weighted by Crippen LogP contribution is -2.13. The van der Waals surface area contributed by atoms with Crippen LogP contribution in [0.3, 0.4) is 0 Å². The van der Waals surface area contributed by atoms with Crippen LogP contribution in [0.15, 0.2) is 30.5 Å². The Labute approximate surface area is 95.9 Å². The highest BCUT2D eigenvalue weighted by atomic mass is 16.1. The van der Waals surface area contributed by atoms with Gasteiger partial charge in [0, 0.05) is 24.1 Å². The van der Waals surface area contributed by atoms with E-state index in [1.165, 1.54) is 0 Å². The molecule has 0 fully saturated rings. The highest BCUT2D eigenvalue weighted by Crippen LogP contribution is 2.20. The molecule has 2 rings (SSSR count). The molecule has 2 aromatic rings. The summed E-state index contributed by atoms with van der Waals surface area (Å²) in [5, 5.41) is 1.11. The van der Waals surface area contributed by atoms with Crippen molar-refractivity contribution in [2.75, 3.05) is 0 Å². The summed E-state index contributed by atoms with van der Waals surface area (Å²) in [4.78, 5) is 10.8. The molecule has 1 amide bonds. The van der Waals surface area contributed by atoms with Crippen LogP contribution in [-0.2, 0) is 18.3 Å². The van der Waals surface area contributed by atoms with Crippen molar-refractivity contribution in [3.63, 3.8) is 0 Å². The molecule has 16 heavy (non-hydrogen) atoms. The Morgan fingerprint density at radius 2 is 1.94 bits per heavy atom. The summed E-state index contributed by atoms with van der Waals surface area (Å²) < 4.78 is 2.01. The summed E-state index contributed by atoms with van der Waals surface area (Å²) in [5.74, 6) is -0.290. The van der Waals surface area contributed by atoms with Crippen molar-refractivity contribution in [1.82, 2.24) is 4.57 Å². The third kappa shape index (κ3) is 2.42. The maximum Gasteiger partial charge on any atom is 0.221 e. The van der Waals surface area contributed by atoms with E-state index >= 15 is 0 Å². The topological polar surface area (TPSA) is 48.0 Å². The van der Waals surface area contributed by atoms with E-state index in [1.807, 2.05) is 55.9 Å². The zero-order valence-electron chi connectivity index (χ0n) is 10.0. The van der Waals surface area contributed by atoms with Gasteiger partial charge >= 0.3 is 0 Å². The maximum absolute atomic E-state index is 10.8. The number of primary amides is 1. The molecule has 86 valence electrons. The Morgan fingerprint density at radius 1 is 1.31 bits per heavy atom. The van der Waals surface area contributed by atoms with Crippen LogP contribution < -0.4 is 5.73 Å². The molecule has 0 bridgehead atoms. The van der Waals surface area contributed by atoms with Crippen molar-refractivity contribution < 1.29 is 4.79 Å². The Bertz CT molecular complexity index is 486. The molecule has 0 aliphatic carbocycles. The molecule has 0 atom stereocenters. The van der Waals surface area contributed by atoms with Crippen LogP contribution in [0, 0.1) is 0 Å². The van der Waals surface area contributed by atoms with E-state index in [2.05, 4.69) is 0 Å². The fourth-order valence-electron chi connectivity index (χ4n) is 1.75. The summed E-state index contributed by atoms with van der Waals surface area (Å²) >= 11 is 0. The smallest absolute Gasteiger partial charge is 0.221 e. The van der Waals surface area contributed by atoms with Crippen LogP contribution in [-0.4, -0.2) is 10.5 Å². The predicted octanol–water partition coefficient (Wildman–Crippen LogP) is 2.23. The van der Waals surface area contributed by atoms with Gasteiger partial charge in [0.2, 0.25) is 5.91 Å². The van der Waals surface area contributed by atoms with Gasteiger partial charge in [0.05, 0.1) is 6.42 Å². The highest BCUT2D eigenvalue weighted by molar-refractivity contribution is 5.88. The van der Waals surface area contributed by atoms with Crippen LogP contribution >= 0.6 is 0 Å². The van der Waals surface area contributed by atoms with Crippen LogP contribution in [0.5, 0.6) is 0 Å². The summed E-state index contributed by atoms with van der Waals surface area (Å²) in [6.07, 6.45) is 2.26. The third-order valence-corrected chi connectivity index (χ3v) is 2.34. The number of nitrogens with two attached hydrogens (primary N) is 1. The van der Waals surface area contributed by atoms with Crippen molar-refractivity contribution in [1.29, 1.82) is 0 Å². The van der Waals surface area contributed by atoms with E-state index in [0.717, 1.165) is 16.5 Å². The first-order valence-corrected chi connectivity index (χ1v) is 5.49. The first kappa shape index (κ1) is 12.3. The van der Waals surface area contributed by atoms with Gasteiger partial charge in [-0.1, -0.05) is 32.0 Å². The fourth-order valence-corrected chi connectivity index (χ4v) is 1.75. The monoisotopic (exact) mass is 218 g/mol. The van der Waals surface area contributed by atoms with E-state index < -0.39 is 0 Å². The Hall–Kier alpha value is -1.77. The number of benzene rings is 1. The normalized spacial score (nSPS) is 9.69.